The van der Waals surface area contributed by atoms with Crippen LogP contribution in [0.4, 0.5) is 4.39 Å². The molecular weight excluding hydrogens is 247 g/mol. The summed E-state index contributed by atoms with van der Waals surface area (Å²) in [6.07, 6.45) is 1.28. The van der Waals surface area contributed by atoms with Gasteiger partial charge in [0.25, 0.3) is 0 Å². The Kier molecular flexibility index (Phi) is 5.47. The molecule has 2 nitrogen and oxygen atoms in total. The molecule has 1 fully saturated rings. The molecule has 1 aromatic carbocycles. The first-order valence-electron chi connectivity index (χ1n) is 6.54. The molecule has 4 heteroatoms. The third-order valence-electron chi connectivity index (χ3n) is 3.36. The van der Waals surface area contributed by atoms with Crippen LogP contribution in [0.1, 0.15) is 6.42 Å². The van der Waals surface area contributed by atoms with E-state index in [1.807, 2.05) is 19.2 Å². The van der Waals surface area contributed by atoms with E-state index < -0.39 is 0 Å². The highest BCUT2D eigenvalue weighted by atomic mass is 32.2. The summed E-state index contributed by atoms with van der Waals surface area (Å²) in [5.41, 5.74) is 0. The van der Waals surface area contributed by atoms with E-state index >= 15 is 0 Å². The first kappa shape index (κ1) is 13.8. The maximum Gasteiger partial charge on any atom is 0.136 e. The fourth-order valence-corrected chi connectivity index (χ4v) is 3.37. The fraction of sp³-hybridized carbons (Fsp3) is 0.571. The number of nitrogens with zero attached hydrogens (tertiary/aromatic N) is 1. The van der Waals surface area contributed by atoms with Crippen molar-refractivity contribution in [3.05, 3.63) is 30.1 Å². The van der Waals surface area contributed by atoms with Gasteiger partial charge >= 0.3 is 0 Å². The summed E-state index contributed by atoms with van der Waals surface area (Å²) in [6.45, 7) is 4.53. The number of likely N-dealkylation sites (tertiary alicyclic amines) is 1. The van der Waals surface area contributed by atoms with Gasteiger partial charge in [0.2, 0.25) is 0 Å². The normalized spacial score (nSPS) is 20.4. The highest BCUT2D eigenvalue weighted by molar-refractivity contribution is 7.99. The first-order chi connectivity index (χ1) is 8.79. The Morgan fingerprint density at radius 1 is 1.44 bits per heavy atom. The third kappa shape index (κ3) is 3.97. The van der Waals surface area contributed by atoms with Crippen LogP contribution < -0.4 is 5.32 Å². The standard InChI is InChI=1S/C14H21FN2S/c1-16-10-12-6-7-17(11-12)8-9-18-14-5-3-2-4-13(14)15/h2-5,12,16H,6-11H2,1H3. The van der Waals surface area contributed by atoms with Crippen LogP contribution in [0.5, 0.6) is 0 Å². The SMILES string of the molecule is CNCC1CCN(CCSc2ccccc2F)C1. The van der Waals surface area contributed by atoms with Gasteiger partial charge in [0, 0.05) is 23.7 Å². The van der Waals surface area contributed by atoms with Gasteiger partial charge in [0.05, 0.1) is 0 Å². The van der Waals surface area contributed by atoms with Crippen molar-refractivity contribution in [2.45, 2.75) is 11.3 Å². The summed E-state index contributed by atoms with van der Waals surface area (Å²) in [7, 11) is 2.01. The number of benzene rings is 1. The van der Waals surface area contributed by atoms with Crippen molar-refractivity contribution in [1.82, 2.24) is 10.2 Å². The maximum absolute atomic E-state index is 13.4. The fourth-order valence-electron chi connectivity index (χ4n) is 2.42. The molecule has 0 amide bonds. The van der Waals surface area contributed by atoms with E-state index in [0.29, 0.717) is 0 Å². The van der Waals surface area contributed by atoms with Gasteiger partial charge in [-0.05, 0) is 44.6 Å². The van der Waals surface area contributed by atoms with Crippen molar-refractivity contribution in [3.63, 3.8) is 0 Å². The van der Waals surface area contributed by atoms with Crippen molar-refractivity contribution < 1.29 is 4.39 Å². The summed E-state index contributed by atoms with van der Waals surface area (Å²) < 4.78 is 13.4. The number of hydrogen-bond acceptors (Lipinski definition) is 3. The minimum absolute atomic E-state index is 0.100. The van der Waals surface area contributed by atoms with Gasteiger partial charge in [-0.2, -0.15) is 0 Å². The molecule has 1 heterocycles. The average Bonchev–Trinajstić information content (AvgIpc) is 2.80. The Hall–Kier alpha value is -0.580. The third-order valence-corrected chi connectivity index (χ3v) is 4.39. The Morgan fingerprint density at radius 2 is 2.28 bits per heavy atom. The summed E-state index contributed by atoms with van der Waals surface area (Å²) >= 11 is 1.62. The molecule has 0 radical (unpaired) electrons. The summed E-state index contributed by atoms with van der Waals surface area (Å²) in [4.78, 5) is 3.25. The number of thioether (sulfide) groups is 1. The monoisotopic (exact) mass is 268 g/mol. The lowest BCUT2D eigenvalue weighted by atomic mass is 10.1. The second-order valence-electron chi connectivity index (χ2n) is 4.79. The molecule has 0 saturated carbocycles. The van der Waals surface area contributed by atoms with E-state index in [9.17, 15) is 4.39 Å². The highest BCUT2D eigenvalue weighted by Gasteiger charge is 2.21. The Labute approximate surface area is 113 Å². The van der Waals surface area contributed by atoms with Crippen LogP contribution in [0.2, 0.25) is 0 Å². The lowest BCUT2D eigenvalue weighted by molar-refractivity contribution is 0.343. The highest BCUT2D eigenvalue weighted by Crippen LogP contribution is 2.22. The van der Waals surface area contributed by atoms with Gasteiger partial charge in [-0.25, -0.2) is 4.39 Å². The number of halogens is 1. The minimum Gasteiger partial charge on any atom is -0.319 e. The molecule has 1 N–H and O–H groups in total. The quantitative estimate of drug-likeness (QED) is 0.798. The number of rotatable bonds is 6. The molecule has 18 heavy (non-hydrogen) atoms. The zero-order chi connectivity index (χ0) is 12.8. The smallest absolute Gasteiger partial charge is 0.136 e. The van der Waals surface area contributed by atoms with Crippen molar-refractivity contribution in [3.8, 4) is 0 Å². The maximum atomic E-state index is 13.4. The van der Waals surface area contributed by atoms with Crippen LogP contribution in [0.25, 0.3) is 0 Å². The second kappa shape index (κ2) is 7.12. The Bertz CT molecular complexity index is 373. The van der Waals surface area contributed by atoms with Gasteiger partial charge in [0.1, 0.15) is 5.82 Å². The van der Waals surface area contributed by atoms with Crippen LogP contribution in [-0.2, 0) is 0 Å². The van der Waals surface area contributed by atoms with E-state index in [0.717, 1.165) is 29.7 Å². The van der Waals surface area contributed by atoms with E-state index in [2.05, 4.69) is 10.2 Å². The van der Waals surface area contributed by atoms with E-state index in [1.165, 1.54) is 25.6 Å². The Balaban J connectivity index is 1.69. The van der Waals surface area contributed by atoms with Crippen molar-refractivity contribution in [1.29, 1.82) is 0 Å². The lowest BCUT2D eigenvalue weighted by Gasteiger charge is -2.15. The predicted molar refractivity (Wildman–Crippen MR) is 75.6 cm³/mol. The number of hydrogen-bond donors (Lipinski definition) is 1. The summed E-state index contributed by atoms with van der Waals surface area (Å²) in [6, 6.07) is 7.02. The zero-order valence-corrected chi connectivity index (χ0v) is 11.7. The topological polar surface area (TPSA) is 15.3 Å². The van der Waals surface area contributed by atoms with Crippen LogP contribution in [0, 0.1) is 11.7 Å². The van der Waals surface area contributed by atoms with Crippen LogP contribution in [0.15, 0.2) is 29.2 Å². The van der Waals surface area contributed by atoms with E-state index in [4.69, 9.17) is 0 Å². The Morgan fingerprint density at radius 3 is 3.06 bits per heavy atom. The molecule has 0 spiro atoms. The predicted octanol–water partition coefficient (Wildman–Crippen LogP) is 2.46. The molecule has 2 rings (SSSR count). The molecule has 0 aliphatic carbocycles. The van der Waals surface area contributed by atoms with E-state index in [1.54, 1.807) is 17.8 Å². The summed E-state index contributed by atoms with van der Waals surface area (Å²) in [5, 5.41) is 3.24. The summed E-state index contributed by atoms with van der Waals surface area (Å²) in [5.74, 6) is 1.65. The van der Waals surface area contributed by atoms with Crippen LogP contribution >= 0.6 is 11.8 Å². The molecule has 1 unspecified atom stereocenters. The second-order valence-corrected chi connectivity index (χ2v) is 5.93. The largest absolute Gasteiger partial charge is 0.319 e. The molecule has 1 aliphatic rings. The molecule has 0 bridgehead atoms. The molecular formula is C14H21FN2S. The van der Waals surface area contributed by atoms with Gasteiger partial charge < -0.3 is 10.2 Å². The van der Waals surface area contributed by atoms with Gasteiger partial charge in [-0.3, -0.25) is 0 Å². The molecule has 1 atom stereocenters. The van der Waals surface area contributed by atoms with Crippen LogP contribution in [-0.4, -0.2) is 43.9 Å². The molecule has 0 aromatic heterocycles. The van der Waals surface area contributed by atoms with E-state index in [-0.39, 0.29) is 5.82 Å². The van der Waals surface area contributed by atoms with Crippen molar-refractivity contribution >= 4 is 11.8 Å². The molecule has 1 aromatic rings. The number of nitrogens with one attached hydrogen (secondary N) is 1. The first-order valence-corrected chi connectivity index (χ1v) is 7.52. The van der Waals surface area contributed by atoms with Crippen LogP contribution in [0.3, 0.4) is 0 Å². The van der Waals surface area contributed by atoms with Crippen molar-refractivity contribution in [2.24, 2.45) is 5.92 Å². The van der Waals surface area contributed by atoms with Gasteiger partial charge in [-0.1, -0.05) is 12.1 Å². The average molecular weight is 268 g/mol. The molecule has 100 valence electrons. The van der Waals surface area contributed by atoms with Gasteiger partial charge in [0.15, 0.2) is 0 Å². The minimum atomic E-state index is -0.100. The molecule has 1 aliphatic heterocycles. The lowest BCUT2D eigenvalue weighted by Crippen LogP contribution is -2.26. The van der Waals surface area contributed by atoms with Crippen molar-refractivity contribution in [2.75, 3.05) is 39.0 Å². The molecule has 1 saturated heterocycles. The van der Waals surface area contributed by atoms with Gasteiger partial charge in [-0.15, -0.1) is 11.8 Å². The zero-order valence-electron chi connectivity index (χ0n) is 10.9.